The molecule has 0 saturated carbocycles. The molecule has 7 heteroatoms. The predicted molar refractivity (Wildman–Crippen MR) is 72.4 cm³/mol. The van der Waals surface area contributed by atoms with Gasteiger partial charge in [-0.25, -0.2) is 0 Å². The van der Waals surface area contributed by atoms with Gasteiger partial charge in [0.15, 0.2) is 0 Å². The number of aliphatic carboxylic acids is 1. The summed E-state index contributed by atoms with van der Waals surface area (Å²) in [5.41, 5.74) is 0.0444. The first-order valence-corrected chi connectivity index (χ1v) is 6.78. The molecule has 1 amide bonds. The highest BCUT2D eigenvalue weighted by Crippen LogP contribution is 2.24. The first-order valence-electron chi connectivity index (χ1n) is 6.00. The molecule has 1 heterocycles. The van der Waals surface area contributed by atoms with Gasteiger partial charge >= 0.3 is 5.97 Å². The Bertz CT molecular complexity index is 477. The van der Waals surface area contributed by atoms with Crippen LogP contribution in [-0.4, -0.2) is 43.6 Å². The first-order chi connectivity index (χ1) is 8.64. The number of amides is 1. The summed E-state index contributed by atoms with van der Waals surface area (Å²) in [5, 5.41) is 12.9. The van der Waals surface area contributed by atoms with Crippen LogP contribution >= 0.6 is 11.5 Å². The highest BCUT2D eigenvalue weighted by Gasteiger charge is 2.32. The summed E-state index contributed by atoms with van der Waals surface area (Å²) in [4.78, 5) is 25.2. The number of carbonyl (C=O) groups is 2. The summed E-state index contributed by atoms with van der Waals surface area (Å²) < 4.78 is 3.80. The Labute approximate surface area is 116 Å². The highest BCUT2D eigenvalue weighted by atomic mass is 32.1. The maximum atomic E-state index is 12.5. The molecule has 1 N–H and O–H groups in total. The van der Waals surface area contributed by atoms with E-state index in [1.54, 1.807) is 20.8 Å². The molecule has 0 aliphatic carbocycles. The summed E-state index contributed by atoms with van der Waals surface area (Å²) >= 11 is 1.01. The van der Waals surface area contributed by atoms with E-state index in [2.05, 4.69) is 9.59 Å². The number of hydrogen-bond acceptors (Lipinski definition) is 5. The molecule has 0 bridgehead atoms. The number of nitrogens with zero attached hydrogens (tertiary/aromatic N) is 3. The maximum Gasteiger partial charge on any atom is 0.323 e. The van der Waals surface area contributed by atoms with Crippen molar-refractivity contribution in [3.63, 3.8) is 0 Å². The third-order valence-corrected chi connectivity index (χ3v) is 3.33. The summed E-state index contributed by atoms with van der Waals surface area (Å²) in [6.45, 7) is 8.92. The van der Waals surface area contributed by atoms with Crippen LogP contribution in [0, 0.1) is 0 Å². The lowest BCUT2D eigenvalue weighted by Gasteiger charge is -2.34. The lowest BCUT2D eigenvalue weighted by atomic mass is 10.0. The topological polar surface area (TPSA) is 83.4 Å². The fourth-order valence-corrected chi connectivity index (χ4v) is 2.36. The Balaban J connectivity index is 3.13. The van der Waals surface area contributed by atoms with E-state index < -0.39 is 11.5 Å². The van der Waals surface area contributed by atoms with Crippen LogP contribution < -0.4 is 0 Å². The van der Waals surface area contributed by atoms with Crippen LogP contribution in [0.25, 0.3) is 0 Å². The molecule has 19 heavy (non-hydrogen) atoms. The van der Waals surface area contributed by atoms with Gasteiger partial charge in [-0.2, -0.15) is 0 Å². The quantitative estimate of drug-likeness (QED) is 0.914. The SMILES string of the molecule is CC(C)c1nnsc1C(=O)N(CC(=O)O)C(C)(C)C. The zero-order chi connectivity index (χ0) is 14.8. The molecular weight excluding hydrogens is 266 g/mol. The number of carboxylic acid groups (broad SMARTS) is 1. The van der Waals surface area contributed by atoms with Crippen molar-refractivity contribution < 1.29 is 14.7 Å². The number of hydrogen-bond donors (Lipinski definition) is 1. The molecule has 0 aliphatic rings. The van der Waals surface area contributed by atoms with Crippen molar-refractivity contribution in [1.29, 1.82) is 0 Å². The fourth-order valence-electron chi connectivity index (χ4n) is 1.60. The molecule has 0 fully saturated rings. The van der Waals surface area contributed by atoms with Gasteiger partial charge in [0.2, 0.25) is 0 Å². The molecule has 0 spiro atoms. The fraction of sp³-hybridized carbons (Fsp3) is 0.667. The van der Waals surface area contributed by atoms with E-state index in [-0.39, 0.29) is 18.4 Å². The monoisotopic (exact) mass is 285 g/mol. The van der Waals surface area contributed by atoms with Crippen molar-refractivity contribution in [3.05, 3.63) is 10.6 Å². The van der Waals surface area contributed by atoms with Gasteiger partial charge in [0.25, 0.3) is 5.91 Å². The van der Waals surface area contributed by atoms with Crippen LogP contribution in [0.4, 0.5) is 0 Å². The molecule has 0 saturated heterocycles. The van der Waals surface area contributed by atoms with Gasteiger partial charge in [0, 0.05) is 5.54 Å². The van der Waals surface area contributed by atoms with Gasteiger partial charge in [0.05, 0.1) is 5.69 Å². The lowest BCUT2D eigenvalue weighted by molar-refractivity contribution is -0.138. The Hall–Kier alpha value is -1.50. The smallest absolute Gasteiger partial charge is 0.323 e. The molecule has 106 valence electrons. The number of carboxylic acids is 1. The van der Waals surface area contributed by atoms with E-state index in [0.29, 0.717) is 10.6 Å². The number of aromatic nitrogens is 2. The molecule has 6 nitrogen and oxygen atoms in total. The standard InChI is InChI=1S/C12H19N3O3S/c1-7(2)9-10(19-14-13-9)11(18)15(6-8(16)17)12(3,4)5/h7H,6H2,1-5H3,(H,16,17). The van der Waals surface area contributed by atoms with Gasteiger partial charge in [0.1, 0.15) is 11.4 Å². The maximum absolute atomic E-state index is 12.5. The Morgan fingerprint density at radius 1 is 1.37 bits per heavy atom. The van der Waals surface area contributed by atoms with Crippen LogP contribution in [0.15, 0.2) is 0 Å². The van der Waals surface area contributed by atoms with E-state index in [1.165, 1.54) is 4.90 Å². The van der Waals surface area contributed by atoms with Gasteiger partial charge in [-0.1, -0.05) is 18.3 Å². The normalized spacial score (nSPS) is 11.7. The molecule has 0 unspecified atom stereocenters. The average molecular weight is 285 g/mol. The minimum absolute atomic E-state index is 0.0735. The summed E-state index contributed by atoms with van der Waals surface area (Å²) in [6, 6.07) is 0. The third kappa shape index (κ3) is 3.73. The molecule has 0 atom stereocenters. The van der Waals surface area contributed by atoms with Crippen LogP contribution in [-0.2, 0) is 4.79 Å². The Morgan fingerprint density at radius 2 is 1.95 bits per heavy atom. The van der Waals surface area contributed by atoms with Crippen LogP contribution in [0.2, 0.25) is 0 Å². The van der Waals surface area contributed by atoms with E-state index in [4.69, 9.17) is 5.11 Å². The van der Waals surface area contributed by atoms with E-state index >= 15 is 0 Å². The zero-order valence-corrected chi connectivity index (χ0v) is 12.6. The summed E-state index contributed by atoms with van der Waals surface area (Å²) in [7, 11) is 0. The zero-order valence-electron chi connectivity index (χ0n) is 11.8. The van der Waals surface area contributed by atoms with Gasteiger partial charge < -0.3 is 10.0 Å². The molecule has 0 aliphatic heterocycles. The largest absolute Gasteiger partial charge is 0.480 e. The molecule has 0 radical (unpaired) electrons. The van der Waals surface area contributed by atoms with Crippen molar-refractivity contribution >= 4 is 23.4 Å². The van der Waals surface area contributed by atoms with Crippen LogP contribution in [0.1, 0.15) is 55.9 Å². The molecule has 1 aromatic rings. The summed E-state index contributed by atoms with van der Waals surface area (Å²) in [5.74, 6) is -1.29. The molecule has 0 aromatic carbocycles. The minimum Gasteiger partial charge on any atom is -0.480 e. The van der Waals surface area contributed by atoms with Crippen molar-refractivity contribution in [3.8, 4) is 0 Å². The van der Waals surface area contributed by atoms with E-state index in [0.717, 1.165) is 11.5 Å². The van der Waals surface area contributed by atoms with Crippen LogP contribution in [0.5, 0.6) is 0 Å². The molecule has 1 rings (SSSR count). The van der Waals surface area contributed by atoms with Crippen molar-refractivity contribution in [2.24, 2.45) is 0 Å². The number of rotatable bonds is 4. The van der Waals surface area contributed by atoms with Crippen molar-refractivity contribution in [1.82, 2.24) is 14.5 Å². The van der Waals surface area contributed by atoms with E-state index in [9.17, 15) is 9.59 Å². The summed E-state index contributed by atoms with van der Waals surface area (Å²) in [6.07, 6.45) is 0. The van der Waals surface area contributed by atoms with Crippen molar-refractivity contribution in [2.75, 3.05) is 6.54 Å². The highest BCUT2D eigenvalue weighted by molar-refractivity contribution is 7.08. The van der Waals surface area contributed by atoms with Gasteiger partial charge in [-0.15, -0.1) is 5.10 Å². The third-order valence-electron chi connectivity index (χ3n) is 2.60. The molecule has 1 aromatic heterocycles. The van der Waals surface area contributed by atoms with Crippen LogP contribution in [0.3, 0.4) is 0 Å². The molecular formula is C12H19N3O3S. The second-order valence-corrected chi connectivity index (χ2v) is 6.35. The second-order valence-electron chi connectivity index (χ2n) is 5.60. The Kier molecular flexibility index (Phi) is 4.62. The lowest BCUT2D eigenvalue weighted by Crippen LogP contribution is -2.48. The first kappa shape index (κ1) is 15.6. The average Bonchev–Trinajstić information content (AvgIpc) is 2.71. The Morgan fingerprint density at radius 3 is 2.37 bits per heavy atom. The second kappa shape index (κ2) is 5.64. The van der Waals surface area contributed by atoms with E-state index in [1.807, 2.05) is 13.8 Å². The minimum atomic E-state index is -1.04. The van der Waals surface area contributed by atoms with Gasteiger partial charge in [-0.05, 0) is 38.2 Å². The van der Waals surface area contributed by atoms with Gasteiger partial charge in [-0.3, -0.25) is 9.59 Å². The number of carbonyl (C=O) groups excluding carboxylic acids is 1. The predicted octanol–water partition coefficient (Wildman–Crippen LogP) is 1.99. The van der Waals surface area contributed by atoms with Crippen molar-refractivity contribution in [2.45, 2.75) is 46.1 Å².